The Labute approximate surface area is 95.9 Å². The van der Waals surface area contributed by atoms with Crippen LogP contribution in [0.5, 0.6) is 0 Å². The zero-order valence-corrected chi connectivity index (χ0v) is 10.2. The highest BCUT2D eigenvalue weighted by atomic mass is 32.2. The molecule has 1 heterocycles. The highest BCUT2D eigenvalue weighted by Gasteiger charge is 2.36. The molecule has 1 saturated heterocycles. The molecule has 6 heteroatoms. The van der Waals surface area contributed by atoms with E-state index in [1.807, 2.05) is 4.90 Å². The third-order valence-corrected chi connectivity index (χ3v) is 3.61. The highest BCUT2D eigenvalue weighted by Crippen LogP contribution is 2.32. The fourth-order valence-corrected chi connectivity index (χ4v) is 2.42. The molecule has 0 aromatic carbocycles. The molecule has 1 unspecified atom stereocenters. The predicted octanol–water partition coefficient (Wildman–Crippen LogP) is 0.221. The fraction of sp³-hybridized carbons (Fsp3) is 0.900. The molecule has 0 bridgehead atoms. The van der Waals surface area contributed by atoms with Crippen LogP contribution < -0.4 is 0 Å². The molecule has 2 aliphatic rings. The Morgan fingerprint density at radius 2 is 2.06 bits per heavy atom. The standard InChI is InChI=1S/C10H17NO4S/c1-16(13,14)15-7-8-4-5-11(6-8)10(12)9-2-3-9/h8-9H,2-7H2,1H3. The summed E-state index contributed by atoms with van der Waals surface area (Å²) in [5, 5.41) is 0. The summed E-state index contributed by atoms with van der Waals surface area (Å²) < 4.78 is 26.4. The van der Waals surface area contributed by atoms with Gasteiger partial charge in [0.05, 0.1) is 12.9 Å². The lowest BCUT2D eigenvalue weighted by atomic mass is 10.1. The summed E-state index contributed by atoms with van der Waals surface area (Å²) in [7, 11) is -3.36. The molecule has 0 aromatic rings. The van der Waals surface area contributed by atoms with Crippen molar-refractivity contribution in [3.05, 3.63) is 0 Å². The topological polar surface area (TPSA) is 63.7 Å². The molecule has 0 aromatic heterocycles. The van der Waals surface area contributed by atoms with E-state index >= 15 is 0 Å². The van der Waals surface area contributed by atoms with E-state index in [9.17, 15) is 13.2 Å². The summed E-state index contributed by atoms with van der Waals surface area (Å²) in [6, 6.07) is 0. The van der Waals surface area contributed by atoms with Crippen molar-refractivity contribution in [2.75, 3.05) is 26.0 Å². The van der Waals surface area contributed by atoms with E-state index in [1.165, 1.54) is 0 Å². The SMILES string of the molecule is CS(=O)(=O)OCC1CCN(C(=O)C2CC2)C1. The molecule has 0 radical (unpaired) electrons. The van der Waals surface area contributed by atoms with E-state index in [2.05, 4.69) is 0 Å². The Morgan fingerprint density at radius 1 is 1.38 bits per heavy atom. The van der Waals surface area contributed by atoms with Crippen molar-refractivity contribution in [1.82, 2.24) is 4.90 Å². The van der Waals surface area contributed by atoms with Gasteiger partial charge in [0.2, 0.25) is 5.91 Å². The first kappa shape index (κ1) is 11.9. The van der Waals surface area contributed by atoms with Gasteiger partial charge in [0.25, 0.3) is 10.1 Å². The molecule has 2 rings (SSSR count). The maximum absolute atomic E-state index is 11.7. The van der Waals surface area contributed by atoms with Gasteiger partial charge in [-0.3, -0.25) is 8.98 Å². The van der Waals surface area contributed by atoms with Crippen LogP contribution in [-0.4, -0.2) is 45.2 Å². The highest BCUT2D eigenvalue weighted by molar-refractivity contribution is 7.85. The quantitative estimate of drug-likeness (QED) is 0.667. The number of likely N-dealkylation sites (tertiary alicyclic amines) is 1. The average Bonchev–Trinajstić information content (AvgIpc) is 2.92. The van der Waals surface area contributed by atoms with Crippen molar-refractivity contribution in [1.29, 1.82) is 0 Å². The Bertz CT molecular complexity index is 374. The Hall–Kier alpha value is -0.620. The van der Waals surface area contributed by atoms with Gasteiger partial charge in [-0.2, -0.15) is 8.42 Å². The van der Waals surface area contributed by atoms with Crippen LogP contribution in [0.2, 0.25) is 0 Å². The van der Waals surface area contributed by atoms with Crippen molar-refractivity contribution in [3.63, 3.8) is 0 Å². The molecule has 5 nitrogen and oxygen atoms in total. The minimum Gasteiger partial charge on any atom is -0.342 e. The van der Waals surface area contributed by atoms with Gasteiger partial charge in [-0.15, -0.1) is 0 Å². The average molecular weight is 247 g/mol. The lowest BCUT2D eigenvalue weighted by Gasteiger charge is -2.15. The van der Waals surface area contributed by atoms with E-state index in [1.54, 1.807) is 0 Å². The molecule has 0 N–H and O–H groups in total. The third kappa shape index (κ3) is 3.18. The van der Waals surface area contributed by atoms with Gasteiger partial charge in [0.1, 0.15) is 0 Å². The monoisotopic (exact) mass is 247 g/mol. The second-order valence-corrected chi connectivity index (χ2v) is 6.35. The number of hydrogen-bond acceptors (Lipinski definition) is 4. The van der Waals surface area contributed by atoms with Crippen molar-refractivity contribution in [2.24, 2.45) is 11.8 Å². The molecule has 2 fully saturated rings. The second kappa shape index (κ2) is 4.33. The van der Waals surface area contributed by atoms with Gasteiger partial charge < -0.3 is 4.90 Å². The first-order chi connectivity index (χ1) is 7.46. The van der Waals surface area contributed by atoms with Gasteiger partial charge in [-0.05, 0) is 19.3 Å². The van der Waals surface area contributed by atoms with Crippen molar-refractivity contribution >= 4 is 16.0 Å². The number of carbonyl (C=O) groups excluding carboxylic acids is 1. The summed E-state index contributed by atoms with van der Waals surface area (Å²) in [5.74, 6) is 0.647. The van der Waals surface area contributed by atoms with Crippen LogP contribution >= 0.6 is 0 Å². The Kier molecular flexibility index (Phi) is 3.21. The van der Waals surface area contributed by atoms with Crippen molar-refractivity contribution in [2.45, 2.75) is 19.3 Å². The zero-order chi connectivity index (χ0) is 11.8. The molecule has 0 spiro atoms. The van der Waals surface area contributed by atoms with Gasteiger partial charge in [-0.25, -0.2) is 0 Å². The summed E-state index contributed by atoms with van der Waals surface area (Å²) >= 11 is 0. The third-order valence-electron chi connectivity index (χ3n) is 3.04. The number of nitrogens with zero attached hydrogens (tertiary/aromatic N) is 1. The van der Waals surface area contributed by atoms with E-state index in [4.69, 9.17) is 4.18 Å². The number of rotatable bonds is 4. The number of carbonyl (C=O) groups is 1. The molecule has 16 heavy (non-hydrogen) atoms. The lowest BCUT2D eigenvalue weighted by molar-refractivity contribution is -0.131. The first-order valence-corrected chi connectivity index (χ1v) is 7.40. The van der Waals surface area contributed by atoms with Crippen molar-refractivity contribution < 1.29 is 17.4 Å². The maximum Gasteiger partial charge on any atom is 0.264 e. The van der Waals surface area contributed by atoms with E-state index in [-0.39, 0.29) is 24.3 Å². The van der Waals surface area contributed by atoms with Crippen LogP contribution in [0.4, 0.5) is 0 Å². The van der Waals surface area contributed by atoms with Crippen LogP contribution in [-0.2, 0) is 19.1 Å². The zero-order valence-electron chi connectivity index (χ0n) is 9.39. The van der Waals surface area contributed by atoms with Gasteiger partial charge in [-0.1, -0.05) is 0 Å². The summed E-state index contributed by atoms with van der Waals surface area (Å²) in [4.78, 5) is 13.6. The first-order valence-electron chi connectivity index (χ1n) is 5.59. The largest absolute Gasteiger partial charge is 0.342 e. The molecule has 1 atom stereocenters. The summed E-state index contributed by atoms with van der Waals surface area (Å²) in [6.07, 6.45) is 3.92. The van der Waals surface area contributed by atoms with Crippen LogP contribution in [0.3, 0.4) is 0 Å². The molecule has 1 amide bonds. The summed E-state index contributed by atoms with van der Waals surface area (Å²) in [6.45, 7) is 1.59. The Morgan fingerprint density at radius 3 is 2.62 bits per heavy atom. The van der Waals surface area contributed by atoms with Gasteiger partial charge in [0, 0.05) is 24.9 Å². The van der Waals surface area contributed by atoms with Crippen LogP contribution in [0.15, 0.2) is 0 Å². The number of amides is 1. The number of hydrogen-bond donors (Lipinski definition) is 0. The molecule has 92 valence electrons. The lowest BCUT2D eigenvalue weighted by Crippen LogP contribution is -2.30. The van der Waals surface area contributed by atoms with Crippen molar-refractivity contribution in [3.8, 4) is 0 Å². The van der Waals surface area contributed by atoms with E-state index in [0.29, 0.717) is 6.54 Å². The minimum absolute atomic E-state index is 0.164. The minimum atomic E-state index is -3.36. The van der Waals surface area contributed by atoms with Crippen LogP contribution in [0.25, 0.3) is 0 Å². The smallest absolute Gasteiger partial charge is 0.264 e. The van der Waals surface area contributed by atoms with Gasteiger partial charge >= 0.3 is 0 Å². The maximum atomic E-state index is 11.7. The van der Waals surface area contributed by atoms with Gasteiger partial charge in [0.15, 0.2) is 0 Å². The van der Waals surface area contributed by atoms with Crippen LogP contribution in [0.1, 0.15) is 19.3 Å². The fourth-order valence-electron chi connectivity index (χ4n) is 1.98. The second-order valence-electron chi connectivity index (χ2n) is 4.70. The molecular formula is C10H17NO4S. The molecular weight excluding hydrogens is 230 g/mol. The predicted molar refractivity (Wildman–Crippen MR) is 58.2 cm³/mol. The molecule has 1 saturated carbocycles. The molecule has 1 aliphatic heterocycles. The van der Waals surface area contributed by atoms with E-state index in [0.717, 1.165) is 32.1 Å². The summed E-state index contributed by atoms with van der Waals surface area (Å²) in [5.41, 5.74) is 0. The Balaban J connectivity index is 1.77. The van der Waals surface area contributed by atoms with Crippen LogP contribution in [0, 0.1) is 11.8 Å². The molecule has 1 aliphatic carbocycles. The normalized spacial score (nSPS) is 26.1. The van der Waals surface area contributed by atoms with E-state index < -0.39 is 10.1 Å².